The van der Waals surface area contributed by atoms with Crippen LogP contribution in [0, 0.1) is 24.4 Å². The molecule has 3 rings (SSSR count). The van der Waals surface area contributed by atoms with Gasteiger partial charge in [-0.15, -0.1) is 0 Å². The largest absolute Gasteiger partial charge is 0.319 e. The first-order valence-corrected chi connectivity index (χ1v) is 7.47. The van der Waals surface area contributed by atoms with Gasteiger partial charge in [0.05, 0.1) is 28.2 Å². The zero-order chi connectivity index (χ0) is 18.8. The third-order valence-corrected chi connectivity index (χ3v) is 3.70. The first-order chi connectivity index (χ1) is 12.4. The molecule has 0 atom stereocenters. The minimum absolute atomic E-state index is 0.133. The maximum Gasteiger partial charge on any atom is 0.259 e. The average Bonchev–Trinajstić information content (AvgIpc) is 3.00. The van der Waals surface area contributed by atoms with Crippen molar-refractivity contribution < 1.29 is 22.8 Å². The summed E-state index contributed by atoms with van der Waals surface area (Å²) in [5, 5.41) is 6.41. The van der Waals surface area contributed by atoms with Crippen LogP contribution in [0.4, 0.5) is 18.9 Å². The average molecular weight is 359 g/mol. The summed E-state index contributed by atoms with van der Waals surface area (Å²) in [6, 6.07) is 6.90. The number of hydrogen-bond donors (Lipinski definition) is 1. The molecule has 0 spiro atoms. The molecule has 3 aromatic rings. The van der Waals surface area contributed by atoms with E-state index in [9.17, 15) is 22.8 Å². The van der Waals surface area contributed by atoms with Crippen molar-refractivity contribution in [1.29, 1.82) is 0 Å². The van der Waals surface area contributed by atoms with E-state index >= 15 is 0 Å². The lowest BCUT2D eigenvalue weighted by molar-refractivity contribution is 0.102. The van der Waals surface area contributed by atoms with Crippen molar-refractivity contribution in [1.82, 2.24) is 9.78 Å². The Morgan fingerprint density at radius 3 is 2.46 bits per heavy atom. The van der Waals surface area contributed by atoms with E-state index < -0.39 is 34.6 Å². The van der Waals surface area contributed by atoms with E-state index in [4.69, 9.17) is 0 Å². The van der Waals surface area contributed by atoms with Crippen LogP contribution in [-0.2, 0) is 0 Å². The molecule has 1 aromatic heterocycles. The van der Waals surface area contributed by atoms with E-state index in [1.807, 2.05) is 0 Å². The Labute approximate surface area is 146 Å². The van der Waals surface area contributed by atoms with Crippen LogP contribution in [0.5, 0.6) is 0 Å². The molecule has 0 aliphatic heterocycles. The number of nitrogens with one attached hydrogen (secondary N) is 1. The number of anilines is 1. The fraction of sp³-hybridized carbons (Fsp3) is 0.0556. The van der Waals surface area contributed by atoms with Crippen LogP contribution in [0.2, 0.25) is 0 Å². The van der Waals surface area contributed by atoms with Gasteiger partial charge in [0.15, 0.2) is 6.29 Å². The lowest BCUT2D eigenvalue weighted by Crippen LogP contribution is -2.14. The molecule has 132 valence electrons. The number of halogens is 3. The Kier molecular flexibility index (Phi) is 4.57. The number of aldehydes is 1. The minimum Gasteiger partial charge on any atom is -0.319 e. The Bertz CT molecular complexity index is 998. The van der Waals surface area contributed by atoms with Crippen LogP contribution < -0.4 is 5.32 Å². The molecular formula is C18H12F3N3O2. The number of hydrogen-bond acceptors (Lipinski definition) is 3. The van der Waals surface area contributed by atoms with Gasteiger partial charge in [0, 0.05) is 12.3 Å². The van der Waals surface area contributed by atoms with Crippen LogP contribution in [0.15, 0.2) is 42.6 Å². The molecule has 26 heavy (non-hydrogen) atoms. The number of nitrogens with zero attached hydrogens (tertiary/aromatic N) is 2. The van der Waals surface area contributed by atoms with Crippen molar-refractivity contribution in [2.75, 3.05) is 5.32 Å². The second kappa shape index (κ2) is 6.83. The highest BCUT2D eigenvalue weighted by Gasteiger charge is 2.17. The van der Waals surface area contributed by atoms with E-state index in [1.54, 1.807) is 6.92 Å². The molecule has 0 bridgehead atoms. The van der Waals surface area contributed by atoms with Crippen LogP contribution >= 0.6 is 0 Å². The molecule has 8 heteroatoms. The quantitative estimate of drug-likeness (QED) is 0.723. The van der Waals surface area contributed by atoms with Gasteiger partial charge in [-0.1, -0.05) is 0 Å². The van der Waals surface area contributed by atoms with Crippen LogP contribution in [0.1, 0.15) is 26.4 Å². The van der Waals surface area contributed by atoms with Gasteiger partial charge >= 0.3 is 0 Å². The maximum atomic E-state index is 13.9. The third kappa shape index (κ3) is 3.34. The molecule has 1 amide bonds. The lowest BCUT2D eigenvalue weighted by atomic mass is 10.2. The molecule has 5 nitrogen and oxygen atoms in total. The highest BCUT2D eigenvalue weighted by atomic mass is 19.1. The van der Waals surface area contributed by atoms with Gasteiger partial charge in [0.1, 0.15) is 17.5 Å². The van der Waals surface area contributed by atoms with Gasteiger partial charge in [-0.3, -0.25) is 9.59 Å². The highest BCUT2D eigenvalue weighted by Crippen LogP contribution is 2.20. The summed E-state index contributed by atoms with van der Waals surface area (Å²) in [5.41, 5.74) is 0.166. The summed E-state index contributed by atoms with van der Waals surface area (Å²) < 4.78 is 41.9. The molecular weight excluding hydrogens is 347 g/mol. The topological polar surface area (TPSA) is 64.0 Å². The normalized spacial score (nSPS) is 10.6. The van der Waals surface area contributed by atoms with Crippen LogP contribution in [0.3, 0.4) is 0 Å². The monoisotopic (exact) mass is 359 g/mol. The zero-order valence-electron chi connectivity index (χ0n) is 13.5. The number of aromatic nitrogens is 2. The molecule has 1 N–H and O–H groups in total. The van der Waals surface area contributed by atoms with Gasteiger partial charge in [-0.25, -0.2) is 17.9 Å². The smallest absolute Gasteiger partial charge is 0.259 e. The number of aryl methyl sites for hydroxylation is 1. The summed E-state index contributed by atoms with van der Waals surface area (Å²) in [6.45, 7) is 1.57. The summed E-state index contributed by atoms with van der Waals surface area (Å²) in [6.07, 6.45) is 1.58. The van der Waals surface area contributed by atoms with Crippen molar-refractivity contribution in [2.24, 2.45) is 0 Å². The number of carbonyl (C=O) groups excluding carboxylic acids is 2. The van der Waals surface area contributed by atoms with Gasteiger partial charge in [0.25, 0.3) is 5.91 Å². The van der Waals surface area contributed by atoms with Crippen LogP contribution in [0.25, 0.3) is 5.69 Å². The van der Waals surface area contributed by atoms with E-state index in [1.165, 1.54) is 35.1 Å². The summed E-state index contributed by atoms with van der Waals surface area (Å²) in [4.78, 5) is 23.0. The van der Waals surface area contributed by atoms with Crippen molar-refractivity contribution in [3.05, 3.63) is 76.9 Å². The predicted molar refractivity (Wildman–Crippen MR) is 88.0 cm³/mol. The van der Waals surface area contributed by atoms with Gasteiger partial charge in [-0.2, -0.15) is 5.10 Å². The van der Waals surface area contributed by atoms with Crippen molar-refractivity contribution in [3.63, 3.8) is 0 Å². The standard InChI is InChI=1S/C18H12F3N3O2/c1-10-14(8-24(23-10)13-4-2-12(19)3-5-13)18(26)22-17-7-15(20)11(9-25)6-16(17)21/h2-9H,1H3,(H,22,26). The maximum absolute atomic E-state index is 13.9. The first kappa shape index (κ1) is 17.4. The molecule has 0 radical (unpaired) electrons. The van der Waals surface area contributed by atoms with E-state index in [0.717, 1.165) is 6.07 Å². The number of benzene rings is 2. The van der Waals surface area contributed by atoms with E-state index in [2.05, 4.69) is 10.4 Å². The summed E-state index contributed by atoms with van der Waals surface area (Å²) in [7, 11) is 0. The minimum atomic E-state index is -0.949. The van der Waals surface area contributed by atoms with E-state index in [0.29, 0.717) is 17.4 Å². The molecule has 0 unspecified atom stereocenters. The highest BCUT2D eigenvalue weighted by molar-refractivity contribution is 6.05. The SMILES string of the molecule is Cc1nn(-c2ccc(F)cc2)cc1C(=O)Nc1cc(F)c(C=O)cc1F. The first-order valence-electron chi connectivity index (χ1n) is 7.47. The molecule has 0 fully saturated rings. The van der Waals surface area contributed by atoms with Crippen molar-refractivity contribution in [3.8, 4) is 5.69 Å². The second-order valence-corrected chi connectivity index (χ2v) is 5.47. The fourth-order valence-electron chi connectivity index (χ4n) is 2.35. The molecule has 1 heterocycles. The number of rotatable bonds is 4. The molecule has 0 saturated carbocycles. The van der Waals surface area contributed by atoms with Gasteiger partial charge < -0.3 is 5.32 Å². The number of amides is 1. The zero-order valence-corrected chi connectivity index (χ0v) is 13.5. The van der Waals surface area contributed by atoms with Gasteiger partial charge in [-0.05, 0) is 37.3 Å². The van der Waals surface area contributed by atoms with E-state index in [-0.39, 0.29) is 11.8 Å². The van der Waals surface area contributed by atoms with Crippen LogP contribution in [-0.4, -0.2) is 22.0 Å². The Hall–Kier alpha value is -3.42. The van der Waals surface area contributed by atoms with Gasteiger partial charge in [0.2, 0.25) is 0 Å². The Morgan fingerprint density at radius 2 is 1.81 bits per heavy atom. The Balaban J connectivity index is 1.88. The molecule has 0 aliphatic carbocycles. The number of carbonyl (C=O) groups is 2. The molecule has 0 saturated heterocycles. The second-order valence-electron chi connectivity index (χ2n) is 5.47. The summed E-state index contributed by atoms with van der Waals surface area (Å²) in [5.74, 6) is -3.00. The predicted octanol–water partition coefficient (Wildman–Crippen LogP) is 3.66. The fourth-order valence-corrected chi connectivity index (χ4v) is 2.35. The summed E-state index contributed by atoms with van der Waals surface area (Å²) >= 11 is 0. The van der Waals surface area contributed by atoms with Crippen molar-refractivity contribution in [2.45, 2.75) is 6.92 Å². The third-order valence-electron chi connectivity index (χ3n) is 3.70. The Morgan fingerprint density at radius 1 is 1.12 bits per heavy atom. The molecule has 2 aromatic carbocycles. The lowest BCUT2D eigenvalue weighted by Gasteiger charge is -2.07. The molecule has 0 aliphatic rings. The van der Waals surface area contributed by atoms with Crippen molar-refractivity contribution >= 4 is 17.9 Å².